The molecule has 7 heteroatoms. The molecule has 1 aliphatic carbocycles. The third kappa shape index (κ3) is 5.44. The second kappa shape index (κ2) is 8.08. The fourth-order valence-corrected chi connectivity index (χ4v) is 4.02. The fraction of sp³-hybridized carbons (Fsp3) is 0.625. The maximum absolute atomic E-state index is 13.9. The van der Waals surface area contributed by atoms with Crippen LogP contribution in [0, 0.1) is 5.82 Å². The van der Waals surface area contributed by atoms with Crippen LogP contribution in [0.5, 0.6) is 5.75 Å². The Morgan fingerprint density at radius 3 is 2.74 bits per heavy atom. The highest BCUT2D eigenvalue weighted by Crippen LogP contribution is 2.28. The van der Waals surface area contributed by atoms with Crippen LogP contribution in [0.4, 0.5) is 4.39 Å². The van der Waals surface area contributed by atoms with Crippen molar-refractivity contribution >= 4 is 10.0 Å². The van der Waals surface area contributed by atoms with Crippen LogP contribution < -0.4 is 9.46 Å². The molecule has 1 fully saturated rings. The molecule has 0 heterocycles. The summed E-state index contributed by atoms with van der Waals surface area (Å²) in [5.41, 5.74) is 0.645. The van der Waals surface area contributed by atoms with E-state index in [1.165, 1.54) is 6.07 Å². The number of nitrogens with one attached hydrogen (secondary N) is 1. The number of benzene rings is 1. The van der Waals surface area contributed by atoms with Crippen molar-refractivity contribution in [3.63, 3.8) is 0 Å². The zero-order chi connectivity index (χ0) is 16.9. The maximum atomic E-state index is 13.9. The van der Waals surface area contributed by atoms with Gasteiger partial charge in [0.25, 0.3) is 0 Å². The van der Waals surface area contributed by atoms with Crippen molar-refractivity contribution in [1.29, 1.82) is 0 Å². The monoisotopic (exact) mass is 345 g/mol. The highest BCUT2D eigenvalue weighted by Gasteiger charge is 2.20. The molecular formula is C16H24FNO4S. The first kappa shape index (κ1) is 18.2. The van der Waals surface area contributed by atoms with Gasteiger partial charge in [0, 0.05) is 12.6 Å². The molecule has 0 radical (unpaired) electrons. The summed E-state index contributed by atoms with van der Waals surface area (Å²) in [6.07, 6.45) is 4.25. The Hall–Kier alpha value is -1.18. The van der Waals surface area contributed by atoms with Crippen LogP contribution >= 0.6 is 0 Å². The van der Waals surface area contributed by atoms with Gasteiger partial charge in [-0.3, -0.25) is 0 Å². The van der Waals surface area contributed by atoms with Crippen molar-refractivity contribution < 1.29 is 22.7 Å². The summed E-state index contributed by atoms with van der Waals surface area (Å²) >= 11 is 0. The van der Waals surface area contributed by atoms with Crippen molar-refractivity contribution in [2.45, 2.75) is 51.2 Å². The Morgan fingerprint density at radius 2 is 2.09 bits per heavy atom. The third-order valence-corrected chi connectivity index (χ3v) is 5.52. The van der Waals surface area contributed by atoms with E-state index in [9.17, 15) is 12.8 Å². The second-order valence-corrected chi connectivity index (χ2v) is 7.82. The molecular weight excluding hydrogens is 321 g/mol. The highest BCUT2D eigenvalue weighted by atomic mass is 32.2. The summed E-state index contributed by atoms with van der Waals surface area (Å²) in [4.78, 5) is 0. The Balaban J connectivity index is 2.06. The maximum Gasteiger partial charge on any atom is 0.212 e. The molecule has 5 nitrogen and oxygen atoms in total. The van der Waals surface area contributed by atoms with E-state index in [0.717, 1.165) is 25.7 Å². The van der Waals surface area contributed by atoms with Gasteiger partial charge in [0.05, 0.1) is 11.9 Å². The van der Waals surface area contributed by atoms with E-state index in [1.807, 2.05) is 0 Å². The van der Waals surface area contributed by atoms with Crippen molar-refractivity contribution in [3.8, 4) is 5.75 Å². The van der Waals surface area contributed by atoms with Gasteiger partial charge in [-0.1, -0.05) is 6.07 Å². The fourth-order valence-electron chi connectivity index (χ4n) is 2.72. The summed E-state index contributed by atoms with van der Waals surface area (Å²) in [5.74, 6) is -0.396. The molecule has 0 aromatic heterocycles. The summed E-state index contributed by atoms with van der Waals surface area (Å²) in [7, 11) is -3.48. The molecule has 23 heavy (non-hydrogen) atoms. The van der Waals surface area contributed by atoms with Gasteiger partial charge in [-0.2, -0.15) is 0 Å². The topological polar surface area (TPSA) is 75.6 Å². The summed E-state index contributed by atoms with van der Waals surface area (Å²) in [6, 6.07) is 3.92. The Labute approximate surface area is 136 Å². The van der Waals surface area contributed by atoms with Gasteiger partial charge < -0.3 is 9.84 Å². The molecule has 1 atom stereocenters. The molecule has 0 amide bonds. The number of aliphatic hydroxyl groups is 1. The Kier molecular flexibility index (Phi) is 6.38. The van der Waals surface area contributed by atoms with E-state index in [1.54, 1.807) is 19.1 Å². The van der Waals surface area contributed by atoms with Crippen LogP contribution in [0.25, 0.3) is 0 Å². The zero-order valence-electron chi connectivity index (χ0n) is 13.3. The van der Waals surface area contributed by atoms with E-state index in [2.05, 4.69) is 4.72 Å². The molecule has 1 saturated carbocycles. The highest BCUT2D eigenvalue weighted by molar-refractivity contribution is 7.89. The van der Waals surface area contributed by atoms with E-state index in [0.29, 0.717) is 5.56 Å². The average Bonchev–Trinajstić information content (AvgIpc) is 3.00. The number of rotatable bonds is 8. The van der Waals surface area contributed by atoms with Gasteiger partial charge in [-0.05, 0) is 56.7 Å². The molecule has 2 N–H and O–H groups in total. The summed E-state index contributed by atoms with van der Waals surface area (Å²) < 4.78 is 45.9. The summed E-state index contributed by atoms with van der Waals surface area (Å²) in [6.45, 7) is 1.52. The smallest absolute Gasteiger partial charge is 0.212 e. The van der Waals surface area contributed by atoms with E-state index in [-0.39, 0.29) is 30.6 Å². The van der Waals surface area contributed by atoms with Crippen LogP contribution in [0.1, 0.15) is 50.6 Å². The number of ether oxygens (including phenoxy) is 1. The molecule has 1 aliphatic rings. The number of halogens is 1. The van der Waals surface area contributed by atoms with Gasteiger partial charge in [-0.25, -0.2) is 17.5 Å². The molecule has 130 valence electrons. The number of sulfonamides is 1. The largest absolute Gasteiger partial charge is 0.487 e. The molecule has 1 aromatic carbocycles. The van der Waals surface area contributed by atoms with Crippen molar-refractivity contribution in [2.75, 3.05) is 12.4 Å². The van der Waals surface area contributed by atoms with E-state index >= 15 is 0 Å². The Bertz CT molecular complexity index is 615. The molecule has 0 saturated heterocycles. The van der Waals surface area contributed by atoms with Gasteiger partial charge in [0.2, 0.25) is 10.0 Å². The SMILES string of the molecule is C[C@@H](NS(=O)(=O)CCCO)c1ccc(F)c(OC2CCCC2)c1. The third-order valence-electron chi connectivity index (χ3n) is 3.98. The Morgan fingerprint density at radius 1 is 1.39 bits per heavy atom. The quantitative estimate of drug-likeness (QED) is 0.759. The molecule has 2 rings (SSSR count). The minimum absolute atomic E-state index is 0.0382. The lowest BCUT2D eigenvalue weighted by Gasteiger charge is -2.18. The predicted molar refractivity (Wildman–Crippen MR) is 86.3 cm³/mol. The van der Waals surface area contributed by atoms with Crippen LogP contribution in [-0.2, 0) is 10.0 Å². The lowest BCUT2D eigenvalue weighted by atomic mass is 10.1. The molecule has 0 bridgehead atoms. The van der Waals surface area contributed by atoms with Crippen molar-refractivity contribution in [3.05, 3.63) is 29.6 Å². The lowest BCUT2D eigenvalue weighted by Crippen LogP contribution is -2.29. The van der Waals surface area contributed by atoms with Crippen LogP contribution in [-0.4, -0.2) is 32.0 Å². The molecule has 0 unspecified atom stereocenters. The molecule has 0 spiro atoms. The van der Waals surface area contributed by atoms with Crippen LogP contribution in [0.15, 0.2) is 18.2 Å². The lowest BCUT2D eigenvalue weighted by molar-refractivity contribution is 0.200. The van der Waals surface area contributed by atoms with Crippen molar-refractivity contribution in [2.24, 2.45) is 0 Å². The number of hydrogen-bond acceptors (Lipinski definition) is 4. The molecule has 0 aliphatic heterocycles. The first-order valence-corrected chi connectivity index (χ1v) is 9.63. The van der Waals surface area contributed by atoms with Crippen LogP contribution in [0.3, 0.4) is 0 Å². The molecule has 1 aromatic rings. The standard InChI is InChI=1S/C16H24FNO4S/c1-12(18-23(20,21)10-4-9-19)13-7-8-15(17)16(11-13)22-14-5-2-3-6-14/h7-8,11-12,14,18-19H,2-6,9-10H2,1H3/t12-/m1/s1. The van der Waals surface area contributed by atoms with E-state index < -0.39 is 21.9 Å². The minimum atomic E-state index is -3.48. The first-order chi connectivity index (χ1) is 10.9. The van der Waals surface area contributed by atoms with Crippen molar-refractivity contribution in [1.82, 2.24) is 4.72 Å². The zero-order valence-corrected chi connectivity index (χ0v) is 14.1. The van der Waals surface area contributed by atoms with E-state index in [4.69, 9.17) is 9.84 Å². The second-order valence-electron chi connectivity index (χ2n) is 5.95. The van der Waals surface area contributed by atoms with Gasteiger partial charge in [0.1, 0.15) is 0 Å². The van der Waals surface area contributed by atoms with Crippen LogP contribution in [0.2, 0.25) is 0 Å². The minimum Gasteiger partial charge on any atom is -0.487 e. The summed E-state index contributed by atoms with van der Waals surface area (Å²) in [5, 5.41) is 8.73. The van der Waals surface area contributed by atoms with Gasteiger partial charge in [-0.15, -0.1) is 0 Å². The number of aliphatic hydroxyl groups excluding tert-OH is 1. The first-order valence-electron chi connectivity index (χ1n) is 7.98. The average molecular weight is 345 g/mol. The van der Waals surface area contributed by atoms with Gasteiger partial charge in [0.15, 0.2) is 11.6 Å². The predicted octanol–water partition coefficient (Wildman–Crippen LogP) is 2.51. The number of hydrogen-bond donors (Lipinski definition) is 2. The normalized spacial score (nSPS) is 17.3. The van der Waals surface area contributed by atoms with Gasteiger partial charge >= 0.3 is 0 Å².